The van der Waals surface area contributed by atoms with Crippen molar-refractivity contribution in [1.29, 1.82) is 0 Å². The molecule has 26 heavy (non-hydrogen) atoms. The van der Waals surface area contributed by atoms with Crippen molar-refractivity contribution in [2.45, 2.75) is 58.7 Å². The summed E-state index contributed by atoms with van der Waals surface area (Å²) in [4.78, 5) is 22.5. The molecule has 0 saturated carbocycles. The number of carbonyl (C=O) groups is 2. The SMILES string of the molecule is C=C(C)C(=O)OC(O)CCOCC(CC)OCCC(O)OC(=O)C(=C)C. The number of carbonyl (C=O) groups excluding carboxylic acids is 2. The van der Waals surface area contributed by atoms with Crippen LogP contribution < -0.4 is 0 Å². The highest BCUT2D eigenvalue weighted by Gasteiger charge is 2.14. The van der Waals surface area contributed by atoms with Gasteiger partial charge in [-0.3, -0.25) is 0 Å². The van der Waals surface area contributed by atoms with Gasteiger partial charge in [-0.1, -0.05) is 20.1 Å². The monoisotopic (exact) mass is 374 g/mol. The highest BCUT2D eigenvalue weighted by atomic mass is 16.6. The summed E-state index contributed by atoms with van der Waals surface area (Å²) in [6.45, 7) is 12.4. The van der Waals surface area contributed by atoms with Gasteiger partial charge in [0.15, 0.2) is 0 Å². The van der Waals surface area contributed by atoms with Crippen molar-refractivity contribution < 1.29 is 38.7 Å². The van der Waals surface area contributed by atoms with Gasteiger partial charge in [-0.15, -0.1) is 0 Å². The molecule has 0 aromatic heterocycles. The first-order chi connectivity index (χ1) is 12.2. The van der Waals surface area contributed by atoms with Crippen molar-refractivity contribution in [3.63, 3.8) is 0 Å². The second kappa shape index (κ2) is 13.5. The number of hydrogen-bond acceptors (Lipinski definition) is 8. The second-order valence-corrected chi connectivity index (χ2v) is 5.83. The summed E-state index contributed by atoms with van der Waals surface area (Å²) in [7, 11) is 0. The molecule has 2 N–H and O–H groups in total. The van der Waals surface area contributed by atoms with Gasteiger partial charge in [0.1, 0.15) is 0 Å². The molecule has 0 heterocycles. The van der Waals surface area contributed by atoms with E-state index in [9.17, 15) is 19.8 Å². The summed E-state index contributed by atoms with van der Waals surface area (Å²) in [6, 6.07) is 0. The van der Waals surface area contributed by atoms with Crippen LogP contribution in [0.5, 0.6) is 0 Å². The van der Waals surface area contributed by atoms with Crippen molar-refractivity contribution in [2.24, 2.45) is 0 Å². The molecule has 0 radical (unpaired) electrons. The summed E-state index contributed by atoms with van der Waals surface area (Å²) < 4.78 is 20.4. The van der Waals surface area contributed by atoms with Crippen LogP contribution in [-0.2, 0) is 28.5 Å². The van der Waals surface area contributed by atoms with E-state index in [0.29, 0.717) is 6.42 Å². The molecule has 0 bridgehead atoms. The first-order valence-electron chi connectivity index (χ1n) is 8.45. The molecular weight excluding hydrogens is 344 g/mol. The molecule has 0 saturated heterocycles. The highest BCUT2D eigenvalue weighted by molar-refractivity contribution is 5.87. The Morgan fingerprint density at radius 1 is 0.923 bits per heavy atom. The van der Waals surface area contributed by atoms with Crippen molar-refractivity contribution >= 4 is 11.9 Å². The highest BCUT2D eigenvalue weighted by Crippen LogP contribution is 2.06. The van der Waals surface area contributed by atoms with Crippen molar-refractivity contribution in [1.82, 2.24) is 0 Å². The minimum Gasteiger partial charge on any atom is -0.433 e. The minimum atomic E-state index is -1.25. The Morgan fingerprint density at radius 2 is 1.38 bits per heavy atom. The lowest BCUT2D eigenvalue weighted by Gasteiger charge is -2.18. The van der Waals surface area contributed by atoms with Gasteiger partial charge in [-0.2, -0.15) is 0 Å². The lowest BCUT2D eigenvalue weighted by atomic mass is 10.3. The van der Waals surface area contributed by atoms with E-state index >= 15 is 0 Å². The predicted molar refractivity (Wildman–Crippen MR) is 93.9 cm³/mol. The first-order valence-corrected chi connectivity index (χ1v) is 8.45. The van der Waals surface area contributed by atoms with Crippen molar-refractivity contribution in [3.05, 3.63) is 24.3 Å². The third kappa shape index (κ3) is 11.8. The van der Waals surface area contributed by atoms with E-state index in [1.54, 1.807) is 0 Å². The van der Waals surface area contributed by atoms with E-state index in [1.807, 2.05) is 6.92 Å². The summed E-state index contributed by atoms with van der Waals surface area (Å²) >= 11 is 0. The van der Waals surface area contributed by atoms with Crippen molar-refractivity contribution in [2.75, 3.05) is 19.8 Å². The number of hydrogen-bond donors (Lipinski definition) is 2. The molecule has 0 rings (SSSR count). The summed E-state index contributed by atoms with van der Waals surface area (Å²) in [5.41, 5.74) is 0.418. The van der Waals surface area contributed by atoms with Crippen LogP contribution in [-0.4, -0.2) is 60.7 Å². The molecule has 0 aromatic rings. The number of rotatable bonds is 14. The van der Waals surface area contributed by atoms with Crippen LogP contribution in [0.25, 0.3) is 0 Å². The number of aliphatic hydroxyl groups excluding tert-OH is 2. The third-order valence-corrected chi connectivity index (χ3v) is 3.17. The van der Waals surface area contributed by atoms with Gasteiger partial charge < -0.3 is 29.2 Å². The van der Waals surface area contributed by atoms with E-state index in [0.717, 1.165) is 0 Å². The average molecular weight is 374 g/mol. The molecule has 8 nitrogen and oxygen atoms in total. The van der Waals surface area contributed by atoms with E-state index in [4.69, 9.17) is 18.9 Å². The molecule has 3 unspecified atom stereocenters. The van der Waals surface area contributed by atoms with Gasteiger partial charge in [-0.05, 0) is 20.3 Å². The molecule has 0 amide bonds. The van der Waals surface area contributed by atoms with E-state index < -0.39 is 24.5 Å². The fraction of sp³-hybridized carbons (Fsp3) is 0.667. The van der Waals surface area contributed by atoms with E-state index in [2.05, 4.69) is 13.2 Å². The van der Waals surface area contributed by atoms with Crippen LogP contribution in [0, 0.1) is 0 Å². The minimum absolute atomic E-state index is 0.130. The maximum absolute atomic E-state index is 11.2. The predicted octanol–water partition coefficient (Wildman–Crippen LogP) is 1.45. The quantitative estimate of drug-likeness (QED) is 0.203. The molecule has 0 fully saturated rings. The molecule has 0 aliphatic carbocycles. The average Bonchev–Trinajstić information content (AvgIpc) is 2.56. The number of aliphatic hydroxyl groups is 2. The lowest BCUT2D eigenvalue weighted by Crippen LogP contribution is -2.25. The zero-order valence-electron chi connectivity index (χ0n) is 15.7. The van der Waals surface area contributed by atoms with Gasteiger partial charge in [0.25, 0.3) is 0 Å². The normalized spacial score (nSPS) is 14.2. The summed E-state index contributed by atoms with van der Waals surface area (Å²) in [5, 5.41) is 19.1. The Kier molecular flexibility index (Phi) is 12.6. The Morgan fingerprint density at radius 3 is 1.81 bits per heavy atom. The van der Waals surface area contributed by atoms with Crippen molar-refractivity contribution in [3.8, 4) is 0 Å². The maximum Gasteiger partial charge on any atom is 0.335 e. The molecule has 0 aromatic carbocycles. The molecule has 8 heteroatoms. The molecule has 0 aliphatic heterocycles. The first kappa shape index (κ1) is 24.3. The van der Waals surface area contributed by atoms with Crippen LogP contribution in [0.1, 0.15) is 40.0 Å². The molecular formula is C18H30O8. The van der Waals surface area contributed by atoms with Crippen LogP contribution in [0.4, 0.5) is 0 Å². The van der Waals surface area contributed by atoms with Gasteiger partial charge >= 0.3 is 11.9 Å². The van der Waals surface area contributed by atoms with E-state index in [1.165, 1.54) is 13.8 Å². The molecule has 0 aliphatic rings. The Balaban J connectivity index is 3.89. The van der Waals surface area contributed by atoms with Crippen LogP contribution in [0.2, 0.25) is 0 Å². The fourth-order valence-corrected chi connectivity index (χ4v) is 1.58. The standard InChI is InChI=1S/C18H30O8/c1-6-14(24-10-8-16(20)26-18(22)13(4)5)11-23-9-7-15(19)25-17(21)12(2)3/h14-16,19-20H,2,4,6-11H2,1,3,5H3. The number of esters is 2. The number of ether oxygens (including phenoxy) is 4. The van der Waals surface area contributed by atoms with Gasteiger partial charge in [0.2, 0.25) is 12.6 Å². The summed E-state index contributed by atoms with van der Waals surface area (Å²) in [5.74, 6) is -1.31. The van der Waals surface area contributed by atoms with Crippen LogP contribution >= 0.6 is 0 Å². The smallest absolute Gasteiger partial charge is 0.335 e. The topological polar surface area (TPSA) is 112 Å². The largest absolute Gasteiger partial charge is 0.433 e. The lowest BCUT2D eigenvalue weighted by molar-refractivity contribution is -0.168. The van der Waals surface area contributed by atoms with Gasteiger partial charge in [0.05, 0.1) is 25.9 Å². The van der Waals surface area contributed by atoms with Crippen LogP contribution in [0.15, 0.2) is 24.3 Å². The van der Waals surface area contributed by atoms with Gasteiger partial charge in [-0.25, -0.2) is 9.59 Å². The third-order valence-electron chi connectivity index (χ3n) is 3.17. The van der Waals surface area contributed by atoms with Crippen LogP contribution in [0.3, 0.4) is 0 Å². The van der Waals surface area contributed by atoms with E-state index in [-0.39, 0.29) is 49.9 Å². The second-order valence-electron chi connectivity index (χ2n) is 5.83. The Labute approximate surface area is 154 Å². The summed E-state index contributed by atoms with van der Waals surface area (Å²) in [6.07, 6.45) is -1.78. The Hall–Kier alpha value is -1.74. The molecule has 150 valence electrons. The molecule has 0 spiro atoms. The Bertz CT molecular complexity index is 474. The zero-order valence-corrected chi connectivity index (χ0v) is 15.7. The zero-order chi connectivity index (χ0) is 20.1. The maximum atomic E-state index is 11.2. The molecule has 3 atom stereocenters. The fourth-order valence-electron chi connectivity index (χ4n) is 1.58. The van der Waals surface area contributed by atoms with Gasteiger partial charge in [0, 0.05) is 24.0 Å².